The minimum absolute atomic E-state index is 0.0221. The third-order valence-electron chi connectivity index (χ3n) is 2.16. The Morgan fingerprint density at radius 2 is 1.85 bits per heavy atom. The van der Waals surface area contributed by atoms with E-state index in [2.05, 4.69) is 20.8 Å². The molecule has 1 unspecified atom stereocenters. The number of hydrogen-bond acceptors (Lipinski definition) is 2. The van der Waals surface area contributed by atoms with E-state index in [4.69, 9.17) is 4.74 Å². The van der Waals surface area contributed by atoms with Crippen molar-refractivity contribution in [1.29, 1.82) is 0 Å². The highest BCUT2D eigenvalue weighted by Crippen LogP contribution is 2.38. The van der Waals surface area contributed by atoms with Gasteiger partial charge >= 0.3 is 0 Å². The second-order valence-electron chi connectivity index (χ2n) is 5.36. The lowest BCUT2D eigenvalue weighted by atomic mass is 9.94. The Balaban J connectivity index is 2.44. The zero-order valence-corrected chi connectivity index (χ0v) is 9.16. The first-order valence-corrected chi connectivity index (χ1v) is 4.78. The summed E-state index contributed by atoms with van der Waals surface area (Å²) in [6.45, 7) is 10.3. The molecule has 0 aromatic carbocycles. The molecule has 2 nitrogen and oxygen atoms in total. The molecule has 13 heavy (non-hydrogen) atoms. The fourth-order valence-electron chi connectivity index (χ4n) is 1.26. The minimum Gasteiger partial charge on any atom is -0.386 e. The van der Waals surface area contributed by atoms with Crippen molar-refractivity contribution in [1.82, 2.24) is 0 Å². The van der Waals surface area contributed by atoms with Gasteiger partial charge in [-0.25, -0.2) is 0 Å². The van der Waals surface area contributed by atoms with E-state index in [1.807, 2.05) is 26.0 Å². The van der Waals surface area contributed by atoms with Gasteiger partial charge < -0.3 is 9.84 Å². The highest BCUT2D eigenvalue weighted by Gasteiger charge is 2.51. The van der Waals surface area contributed by atoms with Gasteiger partial charge in [-0.05, 0) is 19.3 Å². The number of hydrogen-bond donors (Lipinski definition) is 1. The first-order valence-electron chi connectivity index (χ1n) is 4.78. The predicted octanol–water partition coefficient (Wildman–Crippen LogP) is 2.13. The second-order valence-corrected chi connectivity index (χ2v) is 5.36. The van der Waals surface area contributed by atoms with Crippen molar-refractivity contribution >= 4 is 0 Å². The van der Waals surface area contributed by atoms with Crippen LogP contribution in [-0.4, -0.2) is 22.9 Å². The summed E-state index contributed by atoms with van der Waals surface area (Å²) in [6.07, 6.45) is 3.37. The van der Waals surface area contributed by atoms with Gasteiger partial charge in [0.05, 0.1) is 5.60 Å². The summed E-state index contributed by atoms with van der Waals surface area (Å²) in [7, 11) is 0. The molecule has 1 rings (SSSR count). The van der Waals surface area contributed by atoms with Crippen molar-refractivity contribution < 1.29 is 9.84 Å². The highest BCUT2D eigenvalue weighted by molar-refractivity contribution is 5.08. The normalized spacial score (nSPS) is 29.2. The minimum atomic E-state index is -0.464. The van der Waals surface area contributed by atoms with Crippen molar-refractivity contribution in [3.8, 4) is 0 Å². The molecule has 0 amide bonds. The van der Waals surface area contributed by atoms with Crippen LogP contribution in [0.5, 0.6) is 0 Å². The number of rotatable bonds is 2. The van der Waals surface area contributed by atoms with Gasteiger partial charge in [0.25, 0.3) is 0 Å². The van der Waals surface area contributed by atoms with Crippen molar-refractivity contribution in [2.24, 2.45) is 5.41 Å². The number of ether oxygens (including phenoxy) is 1. The van der Waals surface area contributed by atoms with E-state index < -0.39 is 6.10 Å². The first kappa shape index (κ1) is 10.7. The Bertz CT molecular complexity index is 211. The van der Waals surface area contributed by atoms with Crippen molar-refractivity contribution in [3.05, 3.63) is 12.2 Å². The van der Waals surface area contributed by atoms with E-state index in [1.165, 1.54) is 0 Å². The average Bonchev–Trinajstić information content (AvgIpc) is 2.53. The van der Waals surface area contributed by atoms with Gasteiger partial charge in [-0.3, -0.25) is 0 Å². The molecule has 2 heteroatoms. The van der Waals surface area contributed by atoms with Gasteiger partial charge in [-0.1, -0.05) is 32.9 Å². The predicted molar refractivity (Wildman–Crippen MR) is 53.6 cm³/mol. The van der Waals surface area contributed by atoms with Crippen LogP contribution in [0.2, 0.25) is 0 Å². The van der Waals surface area contributed by atoms with Crippen LogP contribution in [0.25, 0.3) is 0 Å². The van der Waals surface area contributed by atoms with Gasteiger partial charge in [0, 0.05) is 0 Å². The van der Waals surface area contributed by atoms with Crippen LogP contribution >= 0.6 is 0 Å². The monoisotopic (exact) mass is 184 g/mol. The summed E-state index contributed by atoms with van der Waals surface area (Å²) in [5, 5.41) is 9.68. The van der Waals surface area contributed by atoms with Crippen molar-refractivity contribution in [3.63, 3.8) is 0 Å². The summed E-state index contributed by atoms with van der Waals surface area (Å²) in [5.41, 5.74) is -0.0122. The highest BCUT2D eigenvalue weighted by atomic mass is 16.6. The molecule has 1 N–H and O–H groups in total. The van der Waals surface area contributed by atoms with Gasteiger partial charge in [0.15, 0.2) is 0 Å². The van der Waals surface area contributed by atoms with Crippen LogP contribution < -0.4 is 0 Å². The SMILES string of the molecule is CC(C)(C)C=C[C@H](O)C1OC1(C)C. The number of allylic oxidation sites excluding steroid dienone is 1. The molecule has 1 saturated heterocycles. The molecule has 1 fully saturated rings. The van der Waals surface area contributed by atoms with E-state index in [0.29, 0.717) is 0 Å². The second kappa shape index (κ2) is 3.10. The fourth-order valence-corrected chi connectivity index (χ4v) is 1.26. The number of epoxide rings is 1. The summed E-state index contributed by atoms with van der Waals surface area (Å²) in [5.74, 6) is 0. The van der Waals surface area contributed by atoms with E-state index in [0.717, 1.165) is 0 Å². The zero-order valence-electron chi connectivity index (χ0n) is 9.16. The summed E-state index contributed by atoms with van der Waals surface area (Å²) >= 11 is 0. The topological polar surface area (TPSA) is 32.8 Å². The lowest BCUT2D eigenvalue weighted by Crippen LogP contribution is -2.18. The summed E-state index contributed by atoms with van der Waals surface area (Å²) < 4.78 is 5.33. The molecule has 76 valence electrons. The smallest absolute Gasteiger partial charge is 0.116 e. The lowest BCUT2D eigenvalue weighted by Gasteiger charge is -2.12. The molecule has 1 aliphatic heterocycles. The maximum absolute atomic E-state index is 9.68. The average molecular weight is 184 g/mol. The molecule has 1 heterocycles. The van der Waals surface area contributed by atoms with Crippen LogP contribution in [0.3, 0.4) is 0 Å². The molecular weight excluding hydrogens is 164 g/mol. The zero-order chi connectivity index (χ0) is 10.3. The van der Waals surface area contributed by atoms with Gasteiger partial charge in [-0.2, -0.15) is 0 Å². The fraction of sp³-hybridized carbons (Fsp3) is 0.818. The Morgan fingerprint density at radius 3 is 2.15 bits per heavy atom. The maximum atomic E-state index is 9.68. The van der Waals surface area contributed by atoms with Crippen LogP contribution in [0.4, 0.5) is 0 Å². The van der Waals surface area contributed by atoms with E-state index in [-0.39, 0.29) is 17.1 Å². The van der Waals surface area contributed by atoms with Gasteiger partial charge in [0.2, 0.25) is 0 Å². The maximum Gasteiger partial charge on any atom is 0.116 e. The molecule has 0 aromatic heterocycles. The van der Waals surface area contributed by atoms with Crippen molar-refractivity contribution in [2.75, 3.05) is 0 Å². The van der Waals surface area contributed by atoms with Crippen LogP contribution in [0, 0.1) is 5.41 Å². The third-order valence-corrected chi connectivity index (χ3v) is 2.16. The van der Waals surface area contributed by atoms with E-state index in [9.17, 15) is 5.11 Å². The molecule has 0 aliphatic carbocycles. The lowest BCUT2D eigenvalue weighted by molar-refractivity contribution is 0.175. The Labute approximate surface area is 80.6 Å². The third kappa shape index (κ3) is 3.12. The summed E-state index contributed by atoms with van der Waals surface area (Å²) in [4.78, 5) is 0. The molecule has 0 saturated carbocycles. The summed E-state index contributed by atoms with van der Waals surface area (Å²) in [6, 6.07) is 0. The van der Waals surface area contributed by atoms with Gasteiger partial charge in [0.1, 0.15) is 12.2 Å². The molecular formula is C11H20O2. The quantitative estimate of drug-likeness (QED) is 0.526. The van der Waals surface area contributed by atoms with Crippen LogP contribution in [0.1, 0.15) is 34.6 Å². The standard InChI is InChI=1S/C11H20O2/c1-10(2,3)7-6-8(12)9-11(4,5)13-9/h6-9,12H,1-5H3/t8-,9?/m0/s1. The van der Waals surface area contributed by atoms with Crippen molar-refractivity contribution in [2.45, 2.75) is 52.4 Å². The molecule has 0 bridgehead atoms. The Morgan fingerprint density at radius 1 is 1.38 bits per heavy atom. The Hall–Kier alpha value is -0.340. The van der Waals surface area contributed by atoms with E-state index in [1.54, 1.807) is 0 Å². The van der Waals surface area contributed by atoms with E-state index >= 15 is 0 Å². The number of aliphatic hydroxyl groups excluding tert-OH is 1. The van der Waals surface area contributed by atoms with Crippen LogP contribution in [0.15, 0.2) is 12.2 Å². The molecule has 1 aliphatic rings. The van der Waals surface area contributed by atoms with Crippen LogP contribution in [-0.2, 0) is 4.74 Å². The Kier molecular flexibility index (Phi) is 2.56. The molecule has 0 spiro atoms. The first-order chi connectivity index (χ1) is 5.72. The molecule has 0 aromatic rings. The van der Waals surface area contributed by atoms with Gasteiger partial charge in [-0.15, -0.1) is 0 Å². The number of aliphatic hydroxyl groups is 1. The molecule has 0 radical (unpaired) electrons. The molecule has 2 atom stereocenters. The largest absolute Gasteiger partial charge is 0.386 e.